The van der Waals surface area contributed by atoms with Crippen LogP contribution in [0.4, 0.5) is 9.18 Å². The van der Waals surface area contributed by atoms with Crippen LogP contribution >= 0.6 is 0 Å². The van der Waals surface area contributed by atoms with Crippen molar-refractivity contribution in [1.29, 1.82) is 0 Å². The standard InChI is InChI=1S/C24H22FN3O5/c1-15-12-20(16(2)26(15)10-9-17-5-7-18(25)8-6-17)21(29)14-28-23(31)22(30)27(24(28)32)13-19-4-3-11-33-19/h3-8,11-12H,9-10,13-14H2,1-2H3. The van der Waals surface area contributed by atoms with E-state index >= 15 is 0 Å². The topological polar surface area (TPSA) is 92.8 Å². The van der Waals surface area contributed by atoms with E-state index in [1.807, 2.05) is 11.5 Å². The van der Waals surface area contributed by atoms with Crippen molar-refractivity contribution in [2.75, 3.05) is 6.54 Å². The summed E-state index contributed by atoms with van der Waals surface area (Å²) < 4.78 is 20.2. The number of hydrogen-bond acceptors (Lipinski definition) is 5. The van der Waals surface area contributed by atoms with Crippen LogP contribution in [0.1, 0.15) is 33.1 Å². The Balaban J connectivity index is 1.46. The first-order chi connectivity index (χ1) is 15.8. The fourth-order valence-corrected chi connectivity index (χ4v) is 3.94. The van der Waals surface area contributed by atoms with E-state index in [1.165, 1.54) is 18.4 Å². The highest BCUT2D eigenvalue weighted by molar-refractivity contribution is 6.45. The van der Waals surface area contributed by atoms with Gasteiger partial charge in [-0.05, 0) is 56.2 Å². The van der Waals surface area contributed by atoms with Crippen LogP contribution in [0.25, 0.3) is 0 Å². The molecule has 2 aromatic heterocycles. The number of aromatic nitrogens is 1. The zero-order valence-electron chi connectivity index (χ0n) is 18.2. The summed E-state index contributed by atoms with van der Waals surface area (Å²) in [4.78, 5) is 51.7. The lowest BCUT2D eigenvalue weighted by atomic mass is 10.1. The number of halogens is 1. The third-order valence-corrected chi connectivity index (χ3v) is 5.74. The Morgan fingerprint density at radius 1 is 1.00 bits per heavy atom. The fraction of sp³-hybridized carbons (Fsp3) is 0.250. The lowest BCUT2D eigenvalue weighted by molar-refractivity contribution is -0.143. The van der Waals surface area contributed by atoms with Crippen molar-refractivity contribution in [2.24, 2.45) is 0 Å². The fourth-order valence-electron chi connectivity index (χ4n) is 3.94. The van der Waals surface area contributed by atoms with Crippen molar-refractivity contribution in [1.82, 2.24) is 14.4 Å². The maximum Gasteiger partial charge on any atom is 0.335 e. The smallest absolute Gasteiger partial charge is 0.335 e. The van der Waals surface area contributed by atoms with Gasteiger partial charge in [-0.3, -0.25) is 14.4 Å². The van der Waals surface area contributed by atoms with Crippen LogP contribution < -0.4 is 0 Å². The first-order valence-electron chi connectivity index (χ1n) is 10.4. The lowest BCUT2D eigenvalue weighted by Crippen LogP contribution is -2.37. The van der Waals surface area contributed by atoms with Gasteiger partial charge in [-0.1, -0.05) is 12.1 Å². The number of urea groups is 1. The molecule has 3 aromatic rings. The van der Waals surface area contributed by atoms with Crippen LogP contribution in [0.15, 0.2) is 53.1 Å². The summed E-state index contributed by atoms with van der Waals surface area (Å²) in [6, 6.07) is 10.3. The molecule has 0 N–H and O–H groups in total. The molecule has 1 saturated heterocycles. The summed E-state index contributed by atoms with van der Waals surface area (Å²) in [6.45, 7) is 3.51. The van der Waals surface area contributed by atoms with Crippen LogP contribution in [0.2, 0.25) is 0 Å². The molecule has 8 nitrogen and oxygen atoms in total. The van der Waals surface area contributed by atoms with Gasteiger partial charge in [-0.2, -0.15) is 0 Å². The van der Waals surface area contributed by atoms with Gasteiger partial charge in [0, 0.05) is 23.5 Å². The highest BCUT2D eigenvalue weighted by Crippen LogP contribution is 2.20. The molecule has 0 atom stereocenters. The SMILES string of the molecule is Cc1cc(C(=O)CN2C(=O)C(=O)N(Cc3ccco3)C2=O)c(C)n1CCc1ccc(F)cc1. The Hall–Kier alpha value is -4.01. The average molecular weight is 451 g/mol. The Morgan fingerprint density at radius 3 is 2.36 bits per heavy atom. The monoisotopic (exact) mass is 451 g/mol. The summed E-state index contributed by atoms with van der Waals surface area (Å²) in [5, 5.41) is 0. The van der Waals surface area contributed by atoms with Crippen molar-refractivity contribution >= 4 is 23.6 Å². The third kappa shape index (κ3) is 4.34. The van der Waals surface area contributed by atoms with E-state index in [1.54, 1.807) is 37.3 Å². The van der Waals surface area contributed by atoms with E-state index < -0.39 is 30.2 Å². The highest BCUT2D eigenvalue weighted by Gasteiger charge is 2.45. The lowest BCUT2D eigenvalue weighted by Gasteiger charge is -2.14. The molecule has 0 saturated carbocycles. The number of carbonyl (C=O) groups is 4. The van der Waals surface area contributed by atoms with Gasteiger partial charge in [0.25, 0.3) is 0 Å². The number of hydrogen-bond donors (Lipinski definition) is 0. The van der Waals surface area contributed by atoms with Crippen LogP contribution in [0, 0.1) is 19.7 Å². The molecule has 4 amide bonds. The van der Waals surface area contributed by atoms with Crippen LogP contribution in [-0.2, 0) is 29.1 Å². The van der Waals surface area contributed by atoms with Gasteiger partial charge < -0.3 is 8.98 Å². The molecule has 0 radical (unpaired) electrons. The van der Waals surface area contributed by atoms with Crippen molar-refractivity contribution in [2.45, 2.75) is 33.4 Å². The van der Waals surface area contributed by atoms with E-state index in [4.69, 9.17) is 4.42 Å². The zero-order valence-corrected chi connectivity index (χ0v) is 18.2. The maximum absolute atomic E-state index is 13.1. The van der Waals surface area contributed by atoms with Crippen molar-refractivity contribution in [3.63, 3.8) is 0 Å². The maximum atomic E-state index is 13.1. The number of nitrogens with zero attached hydrogens (tertiary/aromatic N) is 3. The van der Waals surface area contributed by atoms with E-state index in [0.717, 1.165) is 16.2 Å². The number of rotatable bonds is 8. The molecule has 0 bridgehead atoms. The van der Waals surface area contributed by atoms with Gasteiger partial charge in [-0.15, -0.1) is 0 Å². The quantitative estimate of drug-likeness (QED) is 0.298. The molecule has 0 aliphatic carbocycles. The molecule has 0 unspecified atom stereocenters. The Kier molecular flexibility index (Phi) is 5.95. The molecule has 0 spiro atoms. The van der Waals surface area contributed by atoms with Crippen molar-refractivity contribution in [3.05, 3.63) is 82.8 Å². The summed E-state index contributed by atoms with van der Waals surface area (Å²) in [7, 11) is 0. The molecule has 33 heavy (non-hydrogen) atoms. The average Bonchev–Trinajstić information content (AvgIpc) is 3.46. The molecule has 4 rings (SSSR count). The molecule has 1 aliphatic heterocycles. The molecule has 1 aromatic carbocycles. The molecule has 9 heteroatoms. The van der Waals surface area contributed by atoms with Crippen LogP contribution in [-0.4, -0.2) is 44.5 Å². The second-order valence-corrected chi connectivity index (χ2v) is 7.88. The zero-order chi connectivity index (χ0) is 23.7. The van der Waals surface area contributed by atoms with Gasteiger partial charge in [-0.25, -0.2) is 19.0 Å². The Bertz CT molecular complexity index is 1230. The number of Topliss-reactive ketones (excluding diaryl/α,β-unsaturated/α-hetero) is 1. The van der Waals surface area contributed by atoms with Gasteiger partial charge in [0.1, 0.15) is 11.6 Å². The van der Waals surface area contributed by atoms with Gasteiger partial charge >= 0.3 is 17.8 Å². The van der Waals surface area contributed by atoms with E-state index in [0.29, 0.717) is 34.9 Å². The molecular weight excluding hydrogens is 429 g/mol. The number of carbonyl (C=O) groups excluding carboxylic acids is 4. The minimum absolute atomic E-state index is 0.182. The van der Waals surface area contributed by atoms with Gasteiger partial charge in [0.2, 0.25) is 0 Å². The highest BCUT2D eigenvalue weighted by atomic mass is 19.1. The van der Waals surface area contributed by atoms with Gasteiger partial charge in [0.15, 0.2) is 5.78 Å². The molecule has 1 fully saturated rings. The first kappa shape index (κ1) is 22.2. The van der Waals surface area contributed by atoms with E-state index in [9.17, 15) is 23.6 Å². The molecule has 1 aliphatic rings. The van der Waals surface area contributed by atoms with Crippen LogP contribution in [0.5, 0.6) is 0 Å². The number of amides is 4. The number of benzene rings is 1. The van der Waals surface area contributed by atoms with E-state index in [2.05, 4.69) is 0 Å². The summed E-state index contributed by atoms with van der Waals surface area (Å²) in [5.74, 6) is -2.42. The van der Waals surface area contributed by atoms with Crippen molar-refractivity contribution in [3.8, 4) is 0 Å². The number of furan rings is 1. The molecular formula is C24H22FN3O5. The summed E-state index contributed by atoms with van der Waals surface area (Å²) in [6.07, 6.45) is 2.04. The summed E-state index contributed by atoms with van der Waals surface area (Å²) in [5.41, 5.74) is 2.87. The Morgan fingerprint density at radius 2 is 1.70 bits per heavy atom. The minimum atomic E-state index is -1.04. The molecule has 170 valence electrons. The normalized spacial score (nSPS) is 14.0. The molecule has 3 heterocycles. The predicted octanol–water partition coefficient (Wildman–Crippen LogP) is 3.25. The van der Waals surface area contributed by atoms with Crippen LogP contribution in [0.3, 0.4) is 0 Å². The van der Waals surface area contributed by atoms with Crippen molar-refractivity contribution < 1.29 is 28.0 Å². The Labute approximate surface area is 189 Å². The first-order valence-corrected chi connectivity index (χ1v) is 10.4. The predicted molar refractivity (Wildman–Crippen MR) is 115 cm³/mol. The van der Waals surface area contributed by atoms with E-state index in [-0.39, 0.29) is 12.4 Å². The number of aryl methyl sites for hydroxylation is 2. The largest absolute Gasteiger partial charge is 0.467 e. The minimum Gasteiger partial charge on any atom is -0.467 e. The number of ketones is 1. The number of imide groups is 2. The summed E-state index contributed by atoms with van der Waals surface area (Å²) >= 11 is 0. The van der Waals surface area contributed by atoms with Gasteiger partial charge in [0.05, 0.1) is 19.4 Å². The second kappa shape index (κ2) is 8.85. The second-order valence-electron chi connectivity index (χ2n) is 7.88. The third-order valence-electron chi connectivity index (χ3n) is 5.74.